The van der Waals surface area contributed by atoms with Gasteiger partial charge < -0.3 is 14.5 Å². The maximum atomic E-state index is 12.1. The molecule has 0 bridgehead atoms. The fourth-order valence-electron chi connectivity index (χ4n) is 2.63. The maximum Gasteiger partial charge on any atom is 0.277 e. The van der Waals surface area contributed by atoms with E-state index in [4.69, 9.17) is 32.4 Å². The monoisotopic (exact) mass is 465 g/mol. The van der Waals surface area contributed by atoms with Gasteiger partial charge in [0.2, 0.25) is 11.8 Å². The highest BCUT2D eigenvalue weighted by Gasteiger charge is 2.13. The minimum atomic E-state index is -0.0932. The summed E-state index contributed by atoms with van der Waals surface area (Å²) >= 11 is 13.1. The highest BCUT2D eigenvalue weighted by atomic mass is 35.5. The van der Waals surface area contributed by atoms with Gasteiger partial charge in [-0.1, -0.05) is 65.3 Å². The zero-order chi connectivity index (χ0) is 21.3. The average Bonchev–Trinajstić information content (AvgIpc) is 3.19. The van der Waals surface area contributed by atoms with E-state index in [9.17, 15) is 4.79 Å². The van der Waals surface area contributed by atoms with Crippen LogP contribution in [0, 0.1) is 0 Å². The molecule has 0 unspecified atom stereocenters. The molecule has 0 radical (unpaired) electrons. The Morgan fingerprint density at radius 1 is 1.20 bits per heavy atom. The summed E-state index contributed by atoms with van der Waals surface area (Å²) in [7, 11) is 0. The van der Waals surface area contributed by atoms with Gasteiger partial charge in [-0.25, -0.2) is 0 Å². The van der Waals surface area contributed by atoms with Crippen LogP contribution in [0.3, 0.4) is 0 Å². The second-order valence-corrected chi connectivity index (χ2v) is 8.25. The van der Waals surface area contributed by atoms with Crippen molar-refractivity contribution in [3.63, 3.8) is 0 Å². The van der Waals surface area contributed by atoms with Crippen molar-refractivity contribution in [3.8, 4) is 5.75 Å². The summed E-state index contributed by atoms with van der Waals surface area (Å²) in [5.74, 6) is 1.20. The quantitative estimate of drug-likeness (QED) is 0.320. The fourth-order valence-corrected chi connectivity index (χ4v) is 3.69. The van der Waals surface area contributed by atoms with Crippen molar-refractivity contribution in [2.45, 2.75) is 31.0 Å². The van der Waals surface area contributed by atoms with Gasteiger partial charge in [-0.15, -0.1) is 10.2 Å². The van der Waals surface area contributed by atoms with E-state index in [0.717, 1.165) is 5.56 Å². The lowest BCUT2D eigenvalue weighted by atomic mass is 10.1. The number of thioether (sulfide) groups is 1. The predicted molar refractivity (Wildman–Crippen MR) is 118 cm³/mol. The van der Waals surface area contributed by atoms with E-state index in [2.05, 4.69) is 15.5 Å². The number of carbonyl (C=O) groups is 1. The zero-order valence-electron chi connectivity index (χ0n) is 16.3. The Balaban J connectivity index is 1.37. The molecular weight excluding hydrogens is 445 g/mol. The number of carbonyl (C=O) groups excluding carboxylic acids is 1. The number of ether oxygens (including phenoxy) is 1. The van der Waals surface area contributed by atoms with E-state index in [1.165, 1.54) is 11.8 Å². The first-order valence-corrected chi connectivity index (χ1v) is 11.1. The molecule has 1 amide bonds. The van der Waals surface area contributed by atoms with Gasteiger partial charge in [0, 0.05) is 11.4 Å². The minimum absolute atomic E-state index is 0.0633. The van der Waals surface area contributed by atoms with E-state index in [1.807, 2.05) is 37.3 Å². The number of rotatable bonds is 10. The van der Waals surface area contributed by atoms with Gasteiger partial charge in [-0.3, -0.25) is 4.79 Å². The largest absolute Gasteiger partial charge is 0.492 e. The van der Waals surface area contributed by atoms with Gasteiger partial charge in [0.15, 0.2) is 0 Å². The smallest absolute Gasteiger partial charge is 0.277 e. The number of aromatic nitrogens is 2. The average molecular weight is 466 g/mol. The zero-order valence-corrected chi connectivity index (χ0v) is 18.6. The summed E-state index contributed by atoms with van der Waals surface area (Å²) in [6.07, 6.45) is 1.25. The normalized spacial score (nSPS) is 11.8. The molecule has 0 saturated carbocycles. The molecule has 0 fully saturated rings. The van der Waals surface area contributed by atoms with Gasteiger partial charge in [-0.2, -0.15) is 0 Å². The minimum Gasteiger partial charge on any atom is -0.492 e. The number of nitrogens with one attached hydrogen (secondary N) is 1. The van der Waals surface area contributed by atoms with Gasteiger partial charge in [-0.05, 0) is 37.1 Å². The standard InChI is InChI=1S/C21H21Cl2N3O3S/c1-14(15-6-3-2-4-7-15)24-19(27)13-30-21-26-25-20(29-21)8-5-11-28-18-10-9-16(22)12-17(18)23/h2-4,6-7,9-10,12,14H,5,8,11,13H2,1H3,(H,24,27)/t14-/m0/s1. The first-order chi connectivity index (χ1) is 14.5. The van der Waals surface area contributed by atoms with Gasteiger partial charge in [0.1, 0.15) is 5.75 Å². The molecule has 9 heteroatoms. The number of benzene rings is 2. The number of hydrogen-bond acceptors (Lipinski definition) is 6. The maximum absolute atomic E-state index is 12.1. The molecule has 0 spiro atoms. The lowest BCUT2D eigenvalue weighted by Crippen LogP contribution is -2.28. The molecule has 6 nitrogen and oxygen atoms in total. The molecule has 0 saturated heterocycles. The van der Waals surface area contributed by atoms with Crippen molar-refractivity contribution in [1.29, 1.82) is 0 Å². The molecule has 0 aliphatic carbocycles. The number of aryl methyl sites for hydroxylation is 1. The van der Waals surface area contributed by atoms with Crippen molar-refractivity contribution in [2.24, 2.45) is 0 Å². The molecule has 3 aromatic rings. The highest BCUT2D eigenvalue weighted by molar-refractivity contribution is 7.99. The van der Waals surface area contributed by atoms with Crippen molar-refractivity contribution in [2.75, 3.05) is 12.4 Å². The first-order valence-electron chi connectivity index (χ1n) is 9.38. The fraction of sp³-hybridized carbons (Fsp3) is 0.286. The summed E-state index contributed by atoms with van der Waals surface area (Å²) in [5.41, 5.74) is 1.05. The van der Waals surface area contributed by atoms with E-state index in [1.54, 1.807) is 18.2 Å². The van der Waals surface area contributed by atoms with Crippen molar-refractivity contribution < 1.29 is 13.9 Å². The molecule has 1 aromatic heterocycles. The van der Waals surface area contributed by atoms with Crippen molar-refractivity contribution >= 4 is 40.9 Å². The number of nitrogens with zero attached hydrogens (tertiary/aromatic N) is 2. The molecule has 1 atom stereocenters. The van der Waals surface area contributed by atoms with Crippen LogP contribution in [0.2, 0.25) is 10.0 Å². The number of hydrogen-bond donors (Lipinski definition) is 1. The van der Waals surface area contributed by atoms with E-state index < -0.39 is 0 Å². The van der Waals surface area contributed by atoms with E-state index >= 15 is 0 Å². The molecule has 1 heterocycles. The summed E-state index contributed by atoms with van der Waals surface area (Å²) in [6, 6.07) is 14.8. The third kappa shape index (κ3) is 6.93. The topological polar surface area (TPSA) is 77.2 Å². The van der Waals surface area contributed by atoms with Gasteiger partial charge in [0.25, 0.3) is 5.22 Å². The Labute approximate surface area is 189 Å². The van der Waals surface area contributed by atoms with E-state index in [-0.39, 0.29) is 17.7 Å². The molecule has 0 aliphatic rings. The van der Waals surface area contributed by atoms with E-state index in [0.29, 0.717) is 46.4 Å². The molecule has 2 aromatic carbocycles. The van der Waals surface area contributed by atoms with Gasteiger partial charge >= 0.3 is 0 Å². The Morgan fingerprint density at radius 3 is 2.77 bits per heavy atom. The Bertz CT molecular complexity index is 969. The van der Waals surface area contributed by atoms with Crippen LogP contribution < -0.4 is 10.1 Å². The molecule has 158 valence electrons. The summed E-state index contributed by atoms with van der Waals surface area (Å²) in [6.45, 7) is 2.40. The summed E-state index contributed by atoms with van der Waals surface area (Å²) in [5, 5.41) is 12.3. The lowest BCUT2D eigenvalue weighted by molar-refractivity contribution is -0.119. The Kier molecular flexibility index (Phi) is 8.42. The van der Waals surface area contributed by atoms with Crippen LogP contribution in [0.1, 0.15) is 30.8 Å². The summed E-state index contributed by atoms with van der Waals surface area (Å²) < 4.78 is 11.2. The van der Waals surface area contributed by atoms with Crippen LogP contribution >= 0.6 is 35.0 Å². The lowest BCUT2D eigenvalue weighted by Gasteiger charge is -2.13. The highest BCUT2D eigenvalue weighted by Crippen LogP contribution is 2.27. The summed E-state index contributed by atoms with van der Waals surface area (Å²) in [4.78, 5) is 12.1. The van der Waals surface area contributed by atoms with Crippen LogP contribution in [-0.2, 0) is 11.2 Å². The van der Waals surface area contributed by atoms with Crippen LogP contribution in [0.25, 0.3) is 0 Å². The molecule has 3 rings (SSSR count). The van der Waals surface area contributed by atoms with Gasteiger partial charge in [0.05, 0.1) is 23.4 Å². The molecular formula is C21H21Cl2N3O3S. The second kappa shape index (κ2) is 11.2. The first kappa shape index (κ1) is 22.5. The third-order valence-electron chi connectivity index (χ3n) is 4.14. The van der Waals surface area contributed by atoms with Crippen LogP contribution in [0.4, 0.5) is 0 Å². The Hall–Kier alpha value is -2.22. The third-order valence-corrected chi connectivity index (χ3v) is 5.49. The molecule has 0 aliphatic heterocycles. The predicted octanol–water partition coefficient (Wildman–Crippen LogP) is 5.36. The second-order valence-electron chi connectivity index (χ2n) is 6.48. The van der Waals surface area contributed by atoms with Crippen molar-refractivity contribution in [1.82, 2.24) is 15.5 Å². The van der Waals surface area contributed by atoms with Crippen LogP contribution in [-0.4, -0.2) is 28.5 Å². The number of amides is 1. The van der Waals surface area contributed by atoms with Crippen LogP contribution in [0.15, 0.2) is 58.2 Å². The molecule has 30 heavy (non-hydrogen) atoms. The Morgan fingerprint density at radius 2 is 2.00 bits per heavy atom. The molecule has 1 N–H and O–H groups in total. The SMILES string of the molecule is C[C@H](NC(=O)CSc1nnc(CCCOc2ccc(Cl)cc2Cl)o1)c1ccccc1. The number of halogens is 2. The van der Waals surface area contributed by atoms with Crippen molar-refractivity contribution in [3.05, 3.63) is 70.0 Å². The van der Waals surface area contributed by atoms with Crippen LogP contribution in [0.5, 0.6) is 5.75 Å².